The molecule has 3 aliphatic carbocycles. The summed E-state index contributed by atoms with van der Waals surface area (Å²) >= 11 is 2.90. The fraction of sp³-hybridized carbons (Fsp3) is 0.727. The molecule has 6 aliphatic rings. The Labute approximate surface area is 599 Å². The summed E-state index contributed by atoms with van der Waals surface area (Å²) in [5.41, 5.74) is 1.62. The Balaban J connectivity index is 1.14. The Bertz CT molecular complexity index is 3160. The van der Waals surface area contributed by atoms with Gasteiger partial charge in [-0.15, -0.1) is 0 Å². The van der Waals surface area contributed by atoms with E-state index in [1.54, 1.807) is 38.8 Å². The molecule has 19 unspecified atom stereocenters. The first-order valence-electron chi connectivity index (χ1n) is 32.8. The van der Waals surface area contributed by atoms with Crippen molar-refractivity contribution in [3.8, 4) is 40.9 Å². The zero-order chi connectivity index (χ0) is 72.1. The predicted molar refractivity (Wildman–Crippen MR) is 375 cm³/mol. The molecular weight excluding hydrogens is 1470 g/mol. The normalized spacial score (nSPS) is 34.7. The number of amides is 2. The average Bonchev–Trinajstić information content (AvgIpc) is 0.735. The second-order valence-electron chi connectivity index (χ2n) is 26.1. The van der Waals surface area contributed by atoms with Gasteiger partial charge >= 0.3 is 6.09 Å². The lowest BCUT2D eigenvalue weighted by molar-refractivity contribution is -0.335. The number of ether oxygens (including phenoxy) is 9. The average molecular weight is 1570 g/mol. The minimum Gasteiger partial charge on any atom is -0.492 e. The summed E-state index contributed by atoms with van der Waals surface area (Å²) < 4.78 is 68.2. The molecule has 3 heterocycles. The Morgan fingerprint density at radius 1 is 0.939 bits per heavy atom. The van der Waals surface area contributed by atoms with Gasteiger partial charge in [-0.1, -0.05) is 70.0 Å². The lowest BCUT2D eigenvalue weighted by Crippen LogP contribution is -2.65. The van der Waals surface area contributed by atoms with E-state index in [-0.39, 0.29) is 84.3 Å². The molecule has 0 spiro atoms. The molecule has 32 heteroatoms. The number of aliphatic hydroxyl groups is 7. The number of allylic oxidation sites excluding steroid dienone is 2. The fourth-order valence-electron chi connectivity index (χ4n) is 13.3. The number of Topliss-reactive ketones (excluding diaryl/α,β-unsaturated/α-hetero) is 1. The highest BCUT2D eigenvalue weighted by Gasteiger charge is 2.55. The van der Waals surface area contributed by atoms with Crippen LogP contribution in [0, 0.1) is 57.8 Å². The smallest absolute Gasteiger partial charge is 0.407 e. The molecule has 1 aromatic rings. The Morgan fingerprint density at radius 2 is 1.64 bits per heavy atom. The number of hydrogen-bond acceptors (Lipinski definition) is 27. The molecular formula is C66H98IN4O23PS3. The van der Waals surface area contributed by atoms with Crippen LogP contribution in [0.4, 0.5) is 4.79 Å². The molecule has 0 radical (unpaired) electrons. The first-order chi connectivity index (χ1) is 46.4. The molecule has 7 rings (SSSR count). The maximum absolute atomic E-state index is 14.6. The third-order valence-electron chi connectivity index (χ3n) is 18.7. The third kappa shape index (κ3) is 20.1. The number of aliphatic hydroxyl groups excluding tert-OH is 6. The number of ketones is 1. The third-order valence-corrected chi connectivity index (χ3v) is 26.6. The minimum atomic E-state index is -3.40. The summed E-state index contributed by atoms with van der Waals surface area (Å²) in [6.07, 6.45) is -10.2. The van der Waals surface area contributed by atoms with Crippen LogP contribution in [-0.4, -0.2) is 255 Å². The van der Waals surface area contributed by atoms with Crippen LogP contribution in [0.1, 0.15) is 103 Å². The Morgan fingerprint density at radius 3 is 2.29 bits per heavy atom. The summed E-state index contributed by atoms with van der Waals surface area (Å²) in [7, 11) is 5.10. The second kappa shape index (κ2) is 36.9. The number of benzene rings is 1. The first-order valence-corrected chi connectivity index (χ1v) is 39.2. The Kier molecular flexibility index (Phi) is 30.9. The Hall–Kier alpha value is -3.33. The van der Waals surface area contributed by atoms with Gasteiger partial charge in [0.1, 0.15) is 30.5 Å². The number of thioether (sulfide) groups is 1. The van der Waals surface area contributed by atoms with Gasteiger partial charge in [-0.3, -0.25) is 23.8 Å². The molecule has 3 aliphatic heterocycles. The van der Waals surface area contributed by atoms with Crippen molar-refractivity contribution >= 4 is 86.2 Å². The standard InChI is InChI=1S/C66H98IN4O23PS3/c1-13-71(38(6)74)43-33-88-47(28-39(43)31-72)92-58-55(79)51(70-94-40-27-34(2)60(44(75)29-40)97-61(80)48-35(3)50(67)57(59(86-11)56(48)85-10)93-62-54(78)41(32-73)53(77)37(5)90-62)36(4)89-63(58)91-46-19-16-14-15-17-21-66(82)30-45(76)52(69-64(81)87-12)49(46)42(66)20-26-96-98-65(7,8)22-25-95(83,84)24-18-23-68-9/h14-15,20,34,36-37,39-41,43-44,46-47,49,51-55,58,60,62-63,68,70,72-73,75,77-79,82H,13,18,22-33H2,1-12H3,(H,69,81)(H,83,84)/b15-14-,42-20-/t34?,36?,37?,39?,40?,41?,43?,44?,46-,47?,49?,51?,52-,53?,54?,55?,58?,60?,62?,63?,66-/m0/s1. The molecule has 27 nitrogen and oxygen atoms in total. The largest absolute Gasteiger partial charge is 0.492 e. The van der Waals surface area contributed by atoms with Gasteiger partial charge in [0.05, 0.1) is 92.7 Å². The highest BCUT2D eigenvalue weighted by Crippen LogP contribution is 2.51. The number of alkyl carbamates (subject to hydrolysis) is 1. The van der Waals surface area contributed by atoms with Crippen molar-refractivity contribution in [1.82, 2.24) is 21.0 Å². The van der Waals surface area contributed by atoms with Gasteiger partial charge in [-0.25, -0.2) is 4.79 Å². The number of carbonyl (C=O) groups is 4. The van der Waals surface area contributed by atoms with Gasteiger partial charge in [0.2, 0.25) is 30.4 Å². The zero-order valence-corrected chi connectivity index (χ0v) is 62.9. The van der Waals surface area contributed by atoms with Crippen molar-refractivity contribution < 1.29 is 112 Å². The molecule has 22 atom stereocenters. The number of hydrogen-bond donors (Lipinski definition) is 11. The van der Waals surface area contributed by atoms with Crippen molar-refractivity contribution in [2.45, 2.75) is 201 Å². The molecule has 98 heavy (non-hydrogen) atoms. The van der Waals surface area contributed by atoms with Crippen molar-refractivity contribution in [3.05, 3.63) is 38.5 Å². The van der Waals surface area contributed by atoms with Crippen molar-refractivity contribution in [1.29, 1.82) is 0 Å². The van der Waals surface area contributed by atoms with E-state index in [0.29, 0.717) is 41.5 Å². The van der Waals surface area contributed by atoms with Gasteiger partial charge in [0, 0.05) is 78.7 Å². The van der Waals surface area contributed by atoms with Crippen LogP contribution in [0.2, 0.25) is 0 Å². The molecule has 550 valence electrons. The van der Waals surface area contributed by atoms with E-state index < -0.39 is 163 Å². The lowest BCUT2D eigenvalue weighted by Gasteiger charge is -2.48. The topological polar surface area (TPSA) is 379 Å². The highest BCUT2D eigenvalue weighted by molar-refractivity contribution is 14.1. The molecule has 0 aromatic heterocycles. The number of halogens is 1. The summed E-state index contributed by atoms with van der Waals surface area (Å²) in [6.45, 7) is 14.0. The van der Waals surface area contributed by atoms with E-state index in [2.05, 4.69) is 39.8 Å². The zero-order valence-electron chi connectivity index (χ0n) is 57.4. The SMILES string of the molecule is CCN(C(C)=O)C1COC(OC2C(O[C@H]3C#C/C=C\C#C[C@]4(O)CC(=O)[C@H](NC(=O)OC)C3/C4=C/CSSC(C)(C)CCP(=O)(O)CCCNC)OC(C)C(NOC3CC(C)C(SC(=O)c4c(C)c(I)c(OC5OC(C)C(O)C(CO)C5O)c(OC)c4OC)C(O)C3)C2O)CC1CO. The number of methoxy groups -OCH3 is 3. The molecule has 2 bridgehead atoms. The van der Waals surface area contributed by atoms with E-state index in [9.17, 15) is 64.4 Å². The lowest BCUT2D eigenvalue weighted by atomic mass is 9.68. The second-order valence-corrected chi connectivity index (χ2v) is 34.0. The van der Waals surface area contributed by atoms with E-state index in [4.69, 9.17) is 47.5 Å². The highest BCUT2D eigenvalue weighted by atomic mass is 127. The van der Waals surface area contributed by atoms with E-state index >= 15 is 0 Å². The number of likely N-dealkylation sites (N-methyl/N-ethyl adjacent to an activating group) is 1. The van der Waals surface area contributed by atoms with Crippen LogP contribution < -0.4 is 30.3 Å². The molecule has 5 fully saturated rings. The van der Waals surface area contributed by atoms with Gasteiger partial charge in [0.25, 0.3) is 0 Å². The van der Waals surface area contributed by atoms with E-state index in [1.807, 2.05) is 50.3 Å². The molecule has 3 saturated heterocycles. The molecule has 1 aromatic carbocycles. The number of nitrogens with zero attached hydrogens (tertiary/aromatic N) is 1. The molecule has 2 saturated carbocycles. The van der Waals surface area contributed by atoms with Gasteiger partial charge in [-0.2, -0.15) is 5.48 Å². The quantitative estimate of drug-likeness (QED) is 0.0103. The summed E-state index contributed by atoms with van der Waals surface area (Å²) in [5.74, 6) is 7.93. The predicted octanol–water partition coefficient (Wildman–Crippen LogP) is 3.81. The van der Waals surface area contributed by atoms with Crippen LogP contribution in [0.3, 0.4) is 0 Å². The van der Waals surface area contributed by atoms with Gasteiger partial charge in [-0.05, 0) is 126 Å². The number of rotatable bonds is 29. The summed E-state index contributed by atoms with van der Waals surface area (Å²) in [5, 5.41) is 84.2. The van der Waals surface area contributed by atoms with Crippen molar-refractivity contribution in [3.63, 3.8) is 0 Å². The molecule has 2 amide bonds. The first kappa shape index (κ1) is 82.0. The number of nitrogens with one attached hydrogen (secondary N) is 3. The van der Waals surface area contributed by atoms with Crippen LogP contribution in [0.25, 0.3) is 0 Å². The van der Waals surface area contributed by atoms with E-state index in [1.165, 1.54) is 54.9 Å². The molecule has 11 N–H and O–H groups in total. The monoisotopic (exact) mass is 1570 g/mol. The van der Waals surface area contributed by atoms with Crippen molar-refractivity contribution in [2.24, 2.45) is 23.7 Å². The fourth-order valence-corrected chi connectivity index (χ4v) is 19.5. The van der Waals surface area contributed by atoms with E-state index in [0.717, 1.165) is 18.9 Å². The summed E-state index contributed by atoms with van der Waals surface area (Å²) in [4.78, 5) is 73.7. The number of hydroxylamine groups is 1. The van der Waals surface area contributed by atoms with Crippen LogP contribution in [0.15, 0.2) is 23.8 Å². The maximum Gasteiger partial charge on any atom is 0.407 e. The number of fused-ring (bicyclic) bond motifs is 2. The van der Waals surface area contributed by atoms with Crippen LogP contribution >= 0.6 is 63.3 Å². The van der Waals surface area contributed by atoms with Gasteiger partial charge in [0.15, 0.2) is 35.5 Å². The number of carbonyl (C=O) groups excluding carboxylic acids is 4. The van der Waals surface area contributed by atoms with Crippen LogP contribution in [-0.2, 0) is 47.4 Å². The van der Waals surface area contributed by atoms with Gasteiger partial charge < -0.3 is 98.8 Å². The van der Waals surface area contributed by atoms with Crippen LogP contribution in [0.5, 0.6) is 17.2 Å². The summed E-state index contributed by atoms with van der Waals surface area (Å²) in [6, 6.07) is -3.07. The van der Waals surface area contributed by atoms with Crippen molar-refractivity contribution in [2.75, 3.05) is 79.4 Å². The maximum atomic E-state index is 14.6. The minimum absolute atomic E-state index is 0.0205.